The van der Waals surface area contributed by atoms with Gasteiger partial charge in [-0.2, -0.15) is 0 Å². The minimum absolute atomic E-state index is 0.650. The molecule has 0 spiro atoms. The van der Waals surface area contributed by atoms with E-state index in [1.54, 1.807) is 13.4 Å². The summed E-state index contributed by atoms with van der Waals surface area (Å²) in [7, 11) is 1.67. The van der Waals surface area contributed by atoms with Gasteiger partial charge in [0.15, 0.2) is 0 Å². The maximum Gasteiger partial charge on any atom is 0.117 e. The lowest BCUT2D eigenvalue weighted by atomic mass is 10.4. The average Bonchev–Trinajstić information content (AvgIpc) is 2.89. The molecule has 104 valence electrons. The largest absolute Gasteiger partial charge is 0.468 e. The maximum atomic E-state index is 5.46. The number of hydrogen-bond donors (Lipinski definition) is 1. The van der Waals surface area contributed by atoms with Crippen LogP contribution in [0.1, 0.15) is 12.2 Å². The van der Waals surface area contributed by atoms with Crippen LogP contribution < -0.4 is 5.32 Å². The van der Waals surface area contributed by atoms with Crippen molar-refractivity contribution in [1.82, 2.24) is 5.32 Å². The summed E-state index contributed by atoms with van der Waals surface area (Å²) in [6, 6.07) is 3.84. The molecule has 0 aliphatic carbocycles. The van der Waals surface area contributed by atoms with Crippen LogP contribution in [0, 0.1) is 0 Å². The van der Waals surface area contributed by atoms with E-state index in [0.717, 1.165) is 38.5 Å². The minimum atomic E-state index is 0.650. The molecule has 18 heavy (non-hydrogen) atoms. The number of rotatable bonds is 12. The van der Waals surface area contributed by atoms with E-state index < -0.39 is 0 Å². The van der Waals surface area contributed by atoms with Crippen LogP contribution in [-0.4, -0.2) is 46.7 Å². The summed E-state index contributed by atoms with van der Waals surface area (Å²) in [5.74, 6) is 0.946. The zero-order chi connectivity index (χ0) is 12.9. The van der Waals surface area contributed by atoms with E-state index in [1.807, 2.05) is 12.1 Å². The molecular formula is C13H23NO4. The zero-order valence-corrected chi connectivity index (χ0v) is 11.0. The lowest BCUT2D eigenvalue weighted by Gasteiger charge is -2.06. The molecular weight excluding hydrogens is 234 g/mol. The van der Waals surface area contributed by atoms with E-state index >= 15 is 0 Å². The predicted molar refractivity (Wildman–Crippen MR) is 68.5 cm³/mol. The first-order valence-electron chi connectivity index (χ1n) is 6.31. The molecule has 0 saturated heterocycles. The quantitative estimate of drug-likeness (QED) is 0.574. The first-order valence-corrected chi connectivity index (χ1v) is 6.31. The zero-order valence-electron chi connectivity index (χ0n) is 11.0. The maximum absolute atomic E-state index is 5.46. The summed E-state index contributed by atoms with van der Waals surface area (Å²) < 4.78 is 20.8. The van der Waals surface area contributed by atoms with Crippen molar-refractivity contribution in [2.45, 2.75) is 13.0 Å². The Hall–Kier alpha value is -0.880. The van der Waals surface area contributed by atoms with Crippen molar-refractivity contribution in [3.63, 3.8) is 0 Å². The Labute approximate surface area is 108 Å². The molecule has 0 aliphatic rings. The van der Waals surface area contributed by atoms with Gasteiger partial charge in [-0.3, -0.25) is 0 Å². The first-order chi connectivity index (χ1) is 8.93. The van der Waals surface area contributed by atoms with Gasteiger partial charge >= 0.3 is 0 Å². The van der Waals surface area contributed by atoms with Gasteiger partial charge < -0.3 is 23.9 Å². The van der Waals surface area contributed by atoms with Crippen molar-refractivity contribution in [1.29, 1.82) is 0 Å². The van der Waals surface area contributed by atoms with E-state index in [4.69, 9.17) is 18.6 Å². The van der Waals surface area contributed by atoms with E-state index in [1.165, 1.54) is 0 Å². The second-order valence-electron chi connectivity index (χ2n) is 3.83. The molecule has 0 saturated carbocycles. The highest BCUT2D eigenvalue weighted by Gasteiger charge is 1.94. The van der Waals surface area contributed by atoms with Gasteiger partial charge in [-0.25, -0.2) is 0 Å². The SMILES string of the molecule is COCCOCCCOCCNCc1ccco1. The fourth-order valence-corrected chi connectivity index (χ4v) is 1.38. The molecule has 5 nitrogen and oxygen atoms in total. The standard InChI is InChI=1S/C13H23NO4/c1-15-10-11-17-7-3-6-16-9-5-14-12-13-4-2-8-18-13/h2,4,8,14H,3,5-7,9-12H2,1H3. The summed E-state index contributed by atoms with van der Waals surface area (Å²) in [4.78, 5) is 0. The summed E-state index contributed by atoms with van der Waals surface area (Å²) in [6.45, 7) is 5.04. The van der Waals surface area contributed by atoms with Crippen molar-refractivity contribution >= 4 is 0 Å². The summed E-state index contributed by atoms with van der Waals surface area (Å²) in [5, 5.41) is 3.24. The van der Waals surface area contributed by atoms with Crippen LogP contribution >= 0.6 is 0 Å². The Morgan fingerprint density at radius 2 is 1.94 bits per heavy atom. The molecule has 0 fully saturated rings. The molecule has 1 N–H and O–H groups in total. The summed E-state index contributed by atoms with van der Waals surface area (Å²) in [6.07, 6.45) is 2.60. The van der Waals surface area contributed by atoms with Gasteiger partial charge in [-0.05, 0) is 18.6 Å². The van der Waals surface area contributed by atoms with Crippen LogP contribution in [-0.2, 0) is 20.8 Å². The highest BCUT2D eigenvalue weighted by atomic mass is 16.5. The molecule has 0 atom stereocenters. The third-order valence-electron chi connectivity index (χ3n) is 2.31. The molecule has 1 aromatic rings. The lowest BCUT2D eigenvalue weighted by Crippen LogP contribution is -2.19. The Bertz CT molecular complexity index is 264. The summed E-state index contributed by atoms with van der Waals surface area (Å²) >= 11 is 0. The lowest BCUT2D eigenvalue weighted by molar-refractivity contribution is 0.0518. The van der Waals surface area contributed by atoms with Gasteiger partial charge in [-0.15, -0.1) is 0 Å². The van der Waals surface area contributed by atoms with E-state index in [2.05, 4.69) is 5.32 Å². The highest BCUT2D eigenvalue weighted by molar-refractivity contribution is 4.97. The fraction of sp³-hybridized carbons (Fsp3) is 0.692. The second kappa shape index (κ2) is 11.2. The molecule has 0 aliphatic heterocycles. The molecule has 1 aromatic heterocycles. The van der Waals surface area contributed by atoms with Gasteiger partial charge in [0, 0.05) is 26.9 Å². The van der Waals surface area contributed by atoms with Gasteiger partial charge in [0.2, 0.25) is 0 Å². The van der Waals surface area contributed by atoms with Crippen LogP contribution in [0.4, 0.5) is 0 Å². The number of furan rings is 1. The van der Waals surface area contributed by atoms with Crippen LogP contribution in [0.3, 0.4) is 0 Å². The number of hydrogen-bond acceptors (Lipinski definition) is 5. The highest BCUT2D eigenvalue weighted by Crippen LogP contribution is 1.97. The molecule has 1 rings (SSSR count). The molecule has 0 amide bonds. The van der Waals surface area contributed by atoms with Crippen LogP contribution in [0.2, 0.25) is 0 Å². The molecule has 5 heteroatoms. The molecule has 0 radical (unpaired) electrons. The number of ether oxygens (including phenoxy) is 3. The summed E-state index contributed by atoms with van der Waals surface area (Å²) in [5.41, 5.74) is 0. The van der Waals surface area contributed by atoms with Gasteiger partial charge in [0.05, 0.1) is 32.6 Å². The minimum Gasteiger partial charge on any atom is -0.468 e. The topological polar surface area (TPSA) is 52.9 Å². The average molecular weight is 257 g/mol. The number of methoxy groups -OCH3 is 1. The van der Waals surface area contributed by atoms with E-state index in [0.29, 0.717) is 19.8 Å². The second-order valence-corrected chi connectivity index (χ2v) is 3.83. The monoisotopic (exact) mass is 257 g/mol. The van der Waals surface area contributed by atoms with Crippen molar-refractivity contribution in [2.75, 3.05) is 46.7 Å². The molecule has 0 bridgehead atoms. The first kappa shape index (κ1) is 15.2. The Morgan fingerprint density at radius 1 is 1.11 bits per heavy atom. The van der Waals surface area contributed by atoms with Crippen molar-refractivity contribution in [3.8, 4) is 0 Å². The Balaban J connectivity index is 1.73. The van der Waals surface area contributed by atoms with Crippen LogP contribution in [0.15, 0.2) is 22.8 Å². The normalized spacial score (nSPS) is 10.9. The van der Waals surface area contributed by atoms with Gasteiger partial charge in [-0.1, -0.05) is 0 Å². The molecule has 0 unspecified atom stereocenters. The third kappa shape index (κ3) is 8.25. The van der Waals surface area contributed by atoms with Gasteiger partial charge in [0.25, 0.3) is 0 Å². The van der Waals surface area contributed by atoms with E-state index in [9.17, 15) is 0 Å². The van der Waals surface area contributed by atoms with Crippen molar-refractivity contribution in [3.05, 3.63) is 24.2 Å². The van der Waals surface area contributed by atoms with E-state index in [-0.39, 0.29) is 0 Å². The predicted octanol–water partition coefficient (Wildman–Crippen LogP) is 1.44. The van der Waals surface area contributed by atoms with Crippen LogP contribution in [0.25, 0.3) is 0 Å². The fourth-order valence-electron chi connectivity index (χ4n) is 1.38. The molecule has 1 heterocycles. The van der Waals surface area contributed by atoms with Crippen molar-refractivity contribution in [2.24, 2.45) is 0 Å². The Morgan fingerprint density at radius 3 is 2.67 bits per heavy atom. The Kier molecular flexibility index (Phi) is 9.46. The third-order valence-corrected chi connectivity index (χ3v) is 2.31. The molecule has 0 aromatic carbocycles. The smallest absolute Gasteiger partial charge is 0.117 e. The number of nitrogens with one attached hydrogen (secondary N) is 1. The van der Waals surface area contributed by atoms with Crippen molar-refractivity contribution < 1.29 is 18.6 Å². The van der Waals surface area contributed by atoms with Crippen LogP contribution in [0.5, 0.6) is 0 Å². The van der Waals surface area contributed by atoms with Gasteiger partial charge in [0.1, 0.15) is 5.76 Å².